The maximum Gasteiger partial charge on any atom is 0.269 e. The quantitative estimate of drug-likeness (QED) is 0.636. The highest BCUT2D eigenvalue weighted by atomic mass is 16.7. The summed E-state index contributed by atoms with van der Waals surface area (Å²) in [4.78, 5) is 16.3. The third kappa shape index (κ3) is 3.18. The molecule has 1 heterocycles. The zero-order chi connectivity index (χ0) is 16.4. The molecule has 0 radical (unpaired) electrons. The fourth-order valence-electron chi connectivity index (χ4n) is 2.85. The molecule has 1 saturated heterocycles. The van der Waals surface area contributed by atoms with Crippen LogP contribution in [0.3, 0.4) is 0 Å². The van der Waals surface area contributed by atoms with E-state index >= 15 is 0 Å². The summed E-state index contributed by atoms with van der Waals surface area (Å²) in [5, 5.41) is 12.6. The summed E-state index contributed by atoms with van der Waals surface area (Å²) in [6.45, 7) is 0. The van der Waals surface area contributed by atoms with E-state index in [4.69, 9.17) is 9.57 Å². The molecule has 6 nitrogen and oxygen atoms in total. The Morgan fingerprint density at radius 2 is 1.74 bits per heavy atom. The van der Waals surface area contributed by atoms with Gasteiger partial charge in [0, 0.05) is 25.6 Å². The van der Waals surface area contributed by atoms with E-state index in [1.807, 2.05) is 36.4 Å². The van der Waals surface area contributed by atoms with Crippen molar-refractivity contribution < 1.29 is 14.5 Å². The molecule has 0 N–H and O–H groups in total. The van der Waals surface area contributed by atoms with Gasteiger partial charge in [-0.1, -0.05) is 24.3 Å². The molecule has 1 fully saturated rings. The van der Waals surface area contributed by atoms with Gasteiger partial charge in [0.25, 0.3) is 5.69 Å². The lowest BCUT2D eigenvalue weighted by molar-refractivity contribution is -0.384. The molecule has 0 spiro atoms. The molecule has 2 atom stereocenters. The van der Waals surface area contributed by atoms with Crippen molar-refractivity contribution >= 4 is 5.69 Å². The van der Waals surface area contributed by atoms with Crippen molar-refractivity contribution in [2.24, 2.45) is 0 Å². The number of hydrogen-bond donors (Lipinski definition) is 0. The number of non-ortho nitro benzene ring substituents is 1. The Kier molecular flexibility index (Phi) is 4.27. The van der Waals surface area contributed by atoms with Crippen LogP contribution < -0.4 is 4.74 Å². The van der Waals surface area contributed by atoms with Crippen LogP contribution in [0.4, 0.5) is 5.69 Å². The van der Waals surface area contributed by atoms with Gasteiger partial charge in [-0.3, -0.25) is 15.0 Å². The molecular weight excluding hydrogens is 296 g/mol. The number of benzene rings is 2. The van der Waals surface area contributed by atoms with Gasteiger partial charge in [-0.05, 0) is 23.3 Å². The number of nitro benzene ring substituents is 1. The normalized spacial score (nSPS) is 21.3. The number of ether oxygens (including phenoxy) is 1. The second kappa shape index (κ2) is 6.36. The standard InChI is InChI=1S/C17H18N2O4/c1-18-16(12-3-7-14(8-4-12)19(20)21)11-17(23-18)13-5-9-15(22-2)10-6-13/h3-10,16-17H,11H2,1-2H3/t16-,17+/m0/s1. The Bertz CT molecular complexity index is 685. The van der Waals surface area contributed by atoms with E-state index in [1.54, 1.807) is 19.2 Å². The smallest absolute Gasteiger partial charge is 0.269 e. The van der Waals surface area contributed by atoms with E-state index in [0.717, 1.165) is 23.3 Å². The molecule has 2 aromatic rings. The summed E-state index contributed by atoms with van der Waals surface area (Å²) in [6, 6.07) is 14.5. The zero-order valence-corrected chi connectivity index (χ0v) is 13.0. The maximum atomic E-state index is 10.7. The number of nitro groups is 1. The molecule has 0 amide bonds. The summed E-state index contributed by atoms with van der Waals surface area (Å²) in [6.07, 6.45) is 0.756. The minimum Gasteiger partial charge on any atom is -0.497 e. The summed E-state index contributed by atoms with van der Waals surface area (Å²) < 4.78 is 5.17. The van der Waals surface area contributed by atoms with Crippen LogP contribution in [-0.4, -0.2) is 24.1 Å². The largest absolute Gasteiger partial charge is 0.497 e. The van der Waals surface area contributed by atoms with Gasteiger partial charge in [0.05, 0.1) is 18.1 Å². The van der Waals surface area contributed by atoms with Crippen molar-refractivity contribution in [3.8, 4) is 5.75 Å². The Balaban J connectivity index is 1.76. The van der Waals surface area contributed by atoms with Crippen molar-refractivity contribution in [3.05, 3.63) is 69.8 Å². The number of methoxy groups -OCH3 is 1. The van der Waals surface area contributed by atoms with Crippen LogP contribution in [0.2, 0.25) is 0 Å². The molecule has 1 aliphatic rings. The lowest BCUT2D eigenvalue weighted by Gasteiger charge is -2.17. The first-order chi connectivity index (χ1) is 11.1. The van der Waals surface area contributed by atoms with Gasteiger partial charge >= 0.3 is 0 Å². The van der Waals surface area contributed by atoms with Crippen LogP contribution in [0, 0.1) is 10.1 Å². The summed E-state index contributed by atoms with van der Waals surface area (Å²) in [7, 11) is 3.52. The molecule has 3 rings (SSSR count). The van der Waals surface area contributed by atoms with Crippen LogP contribution in [0.15, 0.2) is 48.5 Å². The van der Waals surface area contributed by atoms with Crippen LogP contribution >= 0.6 is 0 Å². The first kappa shape index (κ1) is 15.5. The van der Waals surface area contributed by atoms with Gasteiger partial charge < -0.3 is 4.74 Å². The van der Waals surface area contributed by atoms with E-state index in [1.165, 1.54) is 12.1 Å². The Morgan fingerprint density at radius 3 is 2.30 bits per heavy atom. The van der Waals surface area contributed by atoms with Gasteiger partial charge in [0.15, 0.2) is 0 Å². The Hall–Kier alpha value is -2.44. The average molecular weight is 314 g/mol. The predicted octanol–water partition coefficient (Wildman–Crippen LogP) is 3.65. The van der Waals surface area contributed by atoms with Gasteiger partial charge in [0.1, 0.15) is 11.9 Å². The zero-order valence-electron chi connectivity index (χ0n) is 13.0. The molecule has 0 aliphatic carbocycles. The van der Waals surface area contributed by atoms with E-state index in [-0.39, 0.29) is 17.8 Å². The lowest BCUT2D eigenvalue weighted by atomic mass is 9.98. The van der Waals surface area contributed by atoms with Crippen LogP contribution in [0.25, 0.3) is 0 Å². The minimum atomic E-state index is -0.390. The molecule has 1 aliphatic heterocycles. The highest BCUT2D eigenvalue weighted by molar-refractivity contribution is 5.35. The second-order valence-corrected chi connectivity index (χ2v) is 5.51. The van der Waals surface area contributed by atoms with E-state index < -0.39 is 4.92 Å². The molecule has 6 heteroatoms. The Labute approximate surface area is 134 Å². The molecule has 120 valence electrons. The number of nitrogens with zero attached hydrogens (tertiary/aromatic N) is 2. The van der Waals surface area contributed by atoms with Crippen LogP contribution in [0.5, 0.6) is 5.75 Å². The van der Waals surface area contributed by atoms with E-state index in [2.05, 4.69) is 0 Å². The predicted molar refractivity (Wildman–Crippen MR) is 85.0 cm³/mol. The molecule has 0 unspecified atom stereocenters. The summed E-state index contributed by atoms with van der Waals surface area (Å²) >= 11 is 0. The molecular formula is C17H18N2O4. The molecule has 2 aromatic carbocycles. The van der Waals surface area contributed by atoms with Crippen molar-refractivity contribution in [2.45, 2.75) is 18.6 Å². The summed E-state index contributed by atoms with van der Waals surface area (Å²) in [5.41, 5.74) is 2.19. The van der Waals surface area contributed by atoms with Gasteiger partial charge in [0.2, 0.25) is 0 Å². The SMILES string of the molecule is COc1ccc([C@H]2C[C@@H](c3ccc([N+](=O)[O-])cc3)N(C)O2)cc1. The lowest BCUT2D eigenvalue weighted by Crippen LogP contribution is -2.16. The third-order valence-corrected chi connectivity index (χ3v) is 4.15. The highest BCUT2D eigenvalue weighted by Gasteiger charge is 2.33. The topological polar surface area (TPSA) is 64.8 Å². The van der Waals surface area contributed by atoms with Crippen molar-refractivity contribution in [1.82, 2.24) is 5.06 Å². The molecule has 0 saturated carbocycles. The van der Waals surface area contributed by atoms with E-state index in [0.29, 0.717) is 0 Å². The fraction of sp³-hybridized carbons (Fsp3) is 0.294. The van der Waals surface area contributed by atoms with Gasteiger partial charge in [-0.25, -0.2) is 0 Å². The van der Waals surface area contributed by atoms with Gasteiger partial charge in [-0.2, -0.15) is 5.06 Å². The minimum absolute atomic E-state index is 0.0360. The van der Waals surface area contributed by atoms with Crippen LogP contribution in [-0.2, 0) is 4.84 Å². The first-order valence-electron chi connectivity index (χ1n) is 7.36. The summed E-state index contributed by atoms with van der Waals surface area (Å²) in [5.74, 6) is 0.812. The molecule has 0 bridgehead atoms. The molecule has 0 aromatic heterocycles. The maximum absolute atomic E-state index is 10.7. The number of hydrogen-bond acceptors (Lipinski definition) is 5. The first-order valence-corrected chi connectivity index (χ1v) is 7.36. The van der Waals surface area contributed by atoms with Crippen LogP contribution in [0.1, 0.15) is 29.7 Å². The number of hydroxylamine groups is 2. The monoisotopic (exact) mass is 314 g/mol. The average Bonchev–Trinajstić information content (AvgIpc) is 2.97. The third-order valence-electron chi connectivity index (χ3n) is 4.15. The highest BCUT2D eigenvalue weighted by Crippen LogP contribution is 2.41. The fourth-order valence-corrected chi connectivity index (χ4v) is 2.85. The molecule has 23 heavy (non-hydrogen) atoms. The van der Waals surface area contributed by atoms with E-state index in [9.17, 15) is 10.1 Å². The van der Waals surface area contributed by atoms with Gasteiger partial charge in [-0.15, -0.1) is 0 Å². The van der Waals surface area contributed by atoms with Crippen molar-refractivity contribution in [1.29, 1.82) is 0 Å². The van der Waals surface area contributed by atoms with Crippen molar-refractivity contribution in [2.75, 3.05) is 14.2 Å². The Morgan fingerprint density at radius 1 is 1.13 bits per heavy atom. The number of rotatable bonds is 4. The van der Waals surface area contributed by atoms with Crippen molar-refractivity contribution in [3.63, 3.8) is 0 Å². The second-order valence-electron chi connectivity index (χ2n) is 5.51.